The number of aryl methyl sites for hydroxylation is 1. The summed E-state index contributed by atoms with van der Waals surface area (Å²) in [7, 11) is 3.62. The molecule has 138 valence electrons. The lowest BCUT2D eigenvalue weighted by Crippen LogP contribution is -2.40. The van der Waals surface area contributed by atoms with Gasteiger partial charge in [0.2, 0.25) is 0 Å². The van der Waals surface area contributed by atoms with Gasteiger partial charge in [-0.1, -0.05) is 12.1 Å². The van der Waals surface area contributed by atoms with Crippen molar-refractivity contribution in [3.8, 4) is 0 Å². The number of rotatable bonds is 6. The molecule has 0 aliphatic carbocycles. The van der Waals surface area contributed by atoms with Crippen LogP contribution in [0.1, 0.15) is 18.7 Å². The van der Waals surface area contributed by atoms with E-state index in [4.69, 9.17) is 4.74 Å². The van der Waals surface area contributed by atoms with Crippen LogP contribution in [0.5, 0.6) is 0 Å². The zero-order valence-corrected chi connectivity index (χ0v) is 17.3. The minimum Gasteiger partial charge on any atom is -0.384 e. The van der Waals surface area contributed by atoms with Crippen molar-refractivity contribution in [2.45, 2.75) is 19.3 Å². The minimum atomic E-state index is 0. The monoisotopic (exact) mass is 457 g/mol. The first-order valence-corrected chi connectivity index (χ1v) is 8.68. The Labute approximate surface area is 166 Å². The summed E-state index contributed by atoms with van der Waals surface area (Å²) < 4.78 is 5.26. The molecule has 1 aromatic carbocycles. The third kappa shape index (κ3) is 5.31. The van der Waals surface area contributed by atoms with Gasteiger partial charge < -0.3 is 19.9 Å². The van der Waals surface area contributed by atoms with Crippen LogP contribution in [0.2, 0.25) is 0 Å². The summed E-state index contributed by atoms with van der Waals surface area (Å²) >= 11 is 0. The van der Waals surface area contributed by atoms with Gasteiger partial charge in [0.15, 0.2) is 5.96 Å². The second kappa shape index (κ2) is 9.96. The molecule has 0 spiro atoms. The number of ether oxygens (including phenoxy) is 1. The summed E-state index contributed by atoms with van der Waals surface area (Å²) in [6.45, 7) is 3.81. The number of hydrogen-bond donors (Lipinski definition) is 2. The van der Waals surface area contributed by atoms with E-state index in [0.29, 0.717) is 5.92 Å². The SMILES string of the molecule is CN=C(NCCCc1nc2ccccc2[nH]1)N1CCC(COC)C1.I. The third-order valence-corrected chi connectivity index (χ3v) is 4.51. The summed E-state index contributed by atoms with van der Waals surface area (Å²) in [4.78, 5) is 14.7. The fourth-order valence-corrected chi connectivity index (χ4v) is 3.31. The zero-order chi connectivity index (χ0) is 16.8. The van der Waals surface area contributed by atoms with E-state index in [1.165, 1.54) is 6.42 Å². The van der Waals surface area contributed by atoms with Gasteiger partial charge >= 0.3 is 0 Å². The molecule has 25 heavy (non-hydrogen) atoms. The maximum Gasteiger partial charge on any atom is 0.193 e. The fourth-order valence-electron chi connectivity index (χ4n) is 3.31. The standard InChI is InChI=1S/C18H27N5O.HI/c1-19-18(23-11-9-14(12-23)13-24-2)20-10-5-8-17-21-15-6-3-4-7-16(15)22-17;/h3-4,6-7,14H,5,8-13H2,1-2H3,(H,19,20)(H,21,22);1H. The number of aromatic amines is 1. The molecular formula is C18H28IN5O. The van der Waals surface area contributed by atoms with Crippen LogP contribution >= 0.6 is 24.0 Å². The van der Waals surface area contributed by atoms with Crippen LogP contribution < -0.4 is 5.32 Å². The number of aliphatic imine (C=N–C) groups is 1. The molecule has 0 saturated carbocycles. The van der Waals surface area contributed by atoms with Crippen molar-refractivity contribution in [2.24, 2.45) is 10.9 Å². The van der Waals surface area contributed by atoms with Gasteiger partial charge in [0.1, 0.15) is 5.82 Å². The first kappa shape index (κ1) is 20.0. The van der Waals surface area contributed by atoms with Gasteiger partial charge in [-0.25, -0.2) is 4.98 Å². The van der Waals surface area contributed by atoms with E-state index in [-0.39, 0.29) is 24.0 Å². The average Bonchev–Trinajstić information content (AvgIpc) is 3.21. The van der Waals surface area contributed by atoms with E-state index in [0.717, 1.165) is 61.9 Å². The van der Waals surface area contributed by atoms with Crippen LogP contribution in [0.25, 0.3) is 11.0 Å². The van der Waals surface area contributed by atoms with E-state index in [1.54, 1.807) is 7.11 Å². The number of hydrogen-bond acceptors (Lipinski definition) is 3. The lowest BCUT2D eigenvalue weighted by molar-refractivity contribution is 0.157. The number of imidazole rings is 1. The number of H-pyrrole nitrogens is 1. The zero-order valence-electron chi connectivity index (χ0n) is 15.0. The Kier molecular flexibility index (Phi) is 7.95. The summed E-state index contributed by atoms with van der Waals surface area (Å²) in [5, 5.41) is 3.47. The summed E-state index contributed by atoms with van der Waals surface area (Å²) in [6.07, 6.45) is 3.13. The van der Waals surface area contributed by atoms with Crippen molar-refractivity contribution in [1.29, 1.82) is 0 Å². The molecule has 3 rings (SSSR count). The predicted molar refractivity (Wildman–Crippen MR) is 113 cm³/mol. The molecule has 1 aromatic heterocycles. The van der Waals surface area contributed by atoms with Gasteiger partial charge in [0, 0.05) is 46.1 Å². The summed E-state index contributed by atoms with van der Waals surface area (Å²) in [6, 6.07) is 8.16. The number of para-hydroxylation sites is 2. The molecule has 0 bridgehead atoms. The van der Waals surface area contributed by atoms with Gasteiger partial charge in [-0.05, 0) is 25.0 Å². The first-order valence-electron chi connectivity index (χ1n) is 8.68. The van der Waals surface area contributed by atoms with E-state index in [2.05, 4.69) is 31.2 Å². The molecule has 2 N–H and O–H groups in total. The van der Waals surface area contributed by atoms with Gasteiger partial charge in [0.25, 0.3) is 0 Å². The molecule has 1 aliphatic heterocycles. The van der Waals surface area contributed by atoms with Crippen molar-refractivity contribution in [3.63, 3.8) is 0 Å². The maximum atomic E-state index is 5.26. The van der Waals surface area contributed by atoms with E-state index >= 15 is 0 Å². The highest BCUT2D eigenvalue weighted by Gasteiger charge is 2.24. The van der Waals surface area contributed by atoms with Crippen LogP contribution in [-0.4, -0.2) is 61.2 Å². The number of methoxy groups -OCH3 is 1. The Hall–Kier alpha value is -1.35. The number of aromatic nitrogens is 2. The Bertz CT molecular complexity index is 654. The van der Waals surface area contributed by atoms with Gasteiger partial charge in [-0.2, -0.15) is 0 Å². The minimum absolute atomic E-state index is 0. The highest BCUT2D eigenvalue weighted by atomic mass is 127. The lowest BCUT2D eigenvalue weighted by atomic mass is 10.1. The van der Waals surface area contributed by atoms with E-state index in [9.17, 15) is 0 Å². The molecule has 0 radical (unpaired) electrons. The van der Waals surface area contributed by atoms with Gasteiger partial charge in [-0.3, -0.25) is 4.99 Å². The number of nitrogens with zero attached hydrogens (tertiary/aromatic N) is 3. The maximum absolute atomic E-state index is 5.26. The Balaban J connectivity index is 0.00000225. The molecule has 1 saturated heterocycles. The second-order valence-electron chi connectivity index (χ2n) is 6.33. The quantitative estimate of drug-likeness (QED) is 0.303. The highest BCUT2D eigenvalue weighted by Crippen LogP contribution is 2.16. The molecule has 2 aromatic rings. The van der Waals surface area contributed by atoms with Crippen molar-refractivity contribution >= 4 is 41.0 Å². The Morgan fingerprint density at radius 1 is 1.44 bits per heavy atom. The topological polar surface area (TPSA) is 65.5 Å². The molecule has 7 heteroatoms. The van der Waals surface area contributed by atoms with E-state index < -0.39 is 0 Å². The average molecular weight is 457 g/mol. The van der Waals surface area contributed by atoms with Gasteiger partial charge in [0.05, 0.1) is 17.6 Å². The molecule has 6 nitrogen and oxygen atoms in total. The predicted octanol–water partition coefficient (Wildman–Crippen LogP) is 2.66. The molecule has 1 fully saturated rings. The number of halogens is 1. The van der Waals surface area contributed by atoms with Gasteiger partial charge in [-0.15, -0.1) is 24.0 Å². The molecule has 1 unspecified atom stereocenters. The summed E-state index contributed by atoms with van der Waals surface area (Å²) in [5.74, 6) is 2.66. The van der Waals surface area contributed by atoms with Crippen LogP contribution in [0.4, 0.5) is 0 Å². The second-order valence-corrected chi connectivity index (χ2v) is 6.33. The van der Waals surface area contributed by atoms with Crippen molar-refractivity contribution in [1.82, 2.24) is 20.2 Å². The molecule has 1 aliphatic rings. The smallest absolute Gasteiger partial charge is 0.193 e. The van der Waals surface area contributed by atoms with Crippen LogP contribution in [-0.2, 0) is 11.2 Å². The van der Waals surface area contributed by atoms with E-state index in [1.807, 2.05) is 25.2 Å². The van der Waals surface area contributed by atoms with Crippen molar-refractivity contribution in [3.05, 3.63) is 30.1 Å². The number of benzene rings is 1. The third-order valence-electron chi connectivity index (χ3n) is 4.51. The number of guanidine groups is 1. The number of fused-ring (bicyclic) bond motifs is 1. The van der Waals surface area contributed by atoms with Crippen LogP contribution in [0.15, 0.2) is 29.3 Å². The van der Waals surface area contributed by atoms with Crippen LogP contribution in [0, 0.1) is 5.92 Å². The Morgan fingerprint density at radius 3 is 3.04 bits per heavy atom. The van der Waals surface area contributed by atoms with Crippen molar-refractivity contribution < 1.29 is 4.74 Å². The fraction of sp³-hybridized carbons (Fsp3) is 0.556. The molecule has 0 amide bonds. The molecular weight excluding hydrogens is 429 g/mol. The highest BCUT2D eigenvalue weighted by molar-refractivity contribution is 14.0. The molecule has 1 atom stereocenters. The largest absolute Gasteiger partial charge is 0.384 e. The van der Waals surface area contributed by atoms with Crippen LogP contribution in [0.3, 0.4) is 0 Å². The first-order chi connectivity index (χ1) is 11.8. The number of nitrogens with one attached hydrogen (secondary N) is 2. The lowest BCUT2D eigenvalue weighted by Gasteiger charge is -2.21. The van der Waals surface area contributed by atoms with Crippen molar-refractivity contribution in [2.75, 3.05) is 40.4 Å². The summed E-state index contributed by atoms with van der Waals surface area (Å²) in [5.41, 5.74) is 2.15. The normalized spacial score (nSPS) is 17.8. The Morgan fingerprint density at radius 2 is 2.28 bits per heavy atom. The number of likely N-dealkylation sites (tertiary alicyclic amines) is 1. The molecule has 2 heterocycles.